The summed E-state index contributed by atoms with van der Waals surface area (Å²) < 4.78 is 10.5. The molecule has 2 heterocycles. The number of aromatic nitrogens is 2. The first-order valence-corrected chi connectivity index (χ1v) is 7.86. The summed E-state index contributed by atoms with van der Waals surface area (Å²) in [5.41, 5.74) is 2.08. The van der Waals surface area contributed by atoms with Gasteiger partial charge in [0.2, 0.25) is 0 Å². The first-order valence-electron chi connectivity index (χ1n) is 7.86. The van der Waals surface area contributed by atoms with Crippen LogP contribution < -0.4 is 20.1 Å². The van der Waals surface area contributed by atoms with Crippen LogP contribution in [0.1, 0.15) is 10.4 Å². The number of nitrogens with zero attached hydrogens (tertiary/aromatic N) is 2. The van der Waals surface area contributed by atoms with Gasteiger partial charge in [-0.3, -0.25) is 9.78 Å². The van der Waals surface area contributed by atoms with Gasteiger partial charge in [-0.05, 0) is 36.4 Å². The Hall–Kier alpha value is -3.61. The van der Waals surface area contributed by atoms with Crippen molar-refractivity contribution in [2.75, 3.05) is 24.9 Å². The van der Waals surface area contributed by atoms with Crippen molar-refractivity contribution in [1.82, 2.24) is 9.97 Å². The van der Waals surface area contributed by atoms with Crippen LogP contribution in [0.2, 0.25) is 0 Å². The highest BCUT2D eigenvalue weighted by Gasteiger charge is 2.07. The van der Waals surface area contributed by atoms with E-state index in [1.165, 1.54) is 6.20 Å². The van der Waals surface area contributed by atoms with Gasteiger partial charge >= 0.3 is 0 Å². The molecule has 7 heteroatoms. The van der Waals surface area contributed by atoms with E-state index in [1.54, 1.807) is 44.8 Å². The molecule has 0 bridgehead atoms. The molecule has 0 saturated carbocycles. The Morgan fingerprint density at radius 2 is 1.77 bits per heavy atom. The van der Waals surface area contributed by atoms with Crippen molar-refractivity contribution in [1.29, 1.82) is 0 Å². The van der Waals surface area contributed by atoms with E-state index in [9.17, 15) is 4.79 Å². The van der Waals surface area contributed by atoms with Crippen molar-refractivity contribution in [2.24, 2.45) is 0 Å². The number of ether oxygens (including phenoxy) is 2. The van der Waals surface area contributed by atoms with Gasteiger partial charge in [-0.15, -0.1) is 0 Å². The van der Waals surface area contributed by atoms with Gasteiger partial charge in [0.05, 0.1) is 31.7 Å². The fourth-order valence-electron chi connectivity index (χ4n) is 2.31. The number of anilines is 3. The molecule has 0 aliphatic carbocycles. The molecule has 0 fully saturated rings. The summed E-state index contributed by atoms with van der Waals surface area (Å²) in [5.74, 6) is 1.48. The highest BCUT2D eigenvalue weighted by Crippen LogP contribution is 2.31. The van der Waals surface area contributed by atoms with Gasteiger partial charge in [0.1, 0.15) is 5.82 Å². The monoisotopic (exact) mass is 350 g/mol. The van der Waals surface area contributed by atoms with Crippen LogP contribution in [0.3, 0.4) is 0 Å². The number of hydrogen-bond acceptors (Lipinski definition) is 6. The smallest absolute Gasteiger partial charge is 0.258 e. The standard InChI is InChI=1S/C19H18N4O3/c1-25-16-7-5-14(10-17(16)26-2)22-15-6-8-18(21-12-15)23-19(24)13-4-3-9-20-11-13/h3-12,22H,1-2H3,(H,21,23,24). The van der Waals surface area contributed by atoms with E-state index in [0.717, 1.165) is 11.4 Å². The third kappa shape index (κ3) is 4.07. The molecule has 2 aromatic heterocycles. The molecule has 0 saturated heterocycles. The number of carbonyl (C=O) groups is 1. The van der Waals surface area contributed by atoms with E-state index in [1.807, 2.05) is 24.3 Å². The Morgan fingerprint density at radius 3 is 2.42 bits per heavy atom. The summed E-state index contributed by atoms with van der Waals surface area (Å²) in [4.78, 5) is 20.3. The molecule has 3 aromatic rings. The van der Waals surface area contributed by atoms with E-state index < -0.39 is 0 Å². The lowest BCUT2D eigenvalue weighted by Gasteiger charge is -2.11. The molecule has 1 aromatic carbocycles. The van der Waals surface area contributed by atoms with Crippen LogP contribution in [0.5, 0.6) is 11.5 Å². The number of carbonyl (C=O) groups excluding carboxylic acids is 1. The zero-order valence-corrected chi connectivity index (χ0v) is 14.4. The van der Waals surface area contributed by atoms with Crippen molar-refractivity contribution >= 4 is 23.1 Å². The summed E-state index contributed by atoms with van der Waals surface area (Å²) in [6.45, 7) is 0. The minimum atomic E-state index is -0.258. The Kier molecular flexibility index (Phi) is 5.28. The van der Waals surface area contributed by atoms with Crippen LogP contribution in [0, 0.1) is 0 Å². The average molecular weight is 350 g/mol. The maximum atomic E-state index is 12.1. The van der Waals surface area contributed by atoms with Gasteiger partial charge in [0.25, 0.3) is 5.91 Å². The Labute approximate surface area is 151 Å². The number of methoxy groups -OCH3 is 2. The zero-order valence-electron chi connectivity index (χ0n) is 14.4. The van der Waals surface area contributed by atoms with E-state index in [-0.39, 0.29) is 5.91 Å². The van der Waals surface area contributed by atoms with Crippen molar-refractivity contribution in [2.45, 2.75) is 0 Å². The highest BCUT2D eigenvalue weighted by atomic mass is 16.5. The van der Waals surface area contributed by atoms with Crippen LogP contribution in [0.15, 0.2) is 61.1 Å². The quantitative estimate of drug-likeness (QED) is 0.708. The Morgan fingerprint density at radius 1 is 0.962 bits per heavy atom. The molecule has 1 amide bonds. The summed E-state index contributed by atoms with van der Waals surface area (Å²) >= 11 is 0. The van der Waals surface area contributed by atoms with Crippen LogP contribution in [0.4, 0.5) is 17.2 Å². The second-order valence-electron chi connectivity index (χ2n) is 5.32. The van der Waals surface area contributed by atoms with Gasteiger partial charge < -0.3 is 20.1 Å². The Bertz CT molecular complexity index is 883. The number of rotatable bonds is 6. The highest BCUT2D eigenvalue weighted by molar-refractivity contribution is 6.03. The number of amides is 1. The molecular weight excluding hydrogens is 332 g/mol. The molecule has 0 aliphatic rings. The van der Waals surface area contributed by atoms with E-state index >= 15 is 0 Å². The first-order chi connectivity index (χ1) is 12.7. The fourth-order valence-corrected chi connectivity index (χ4v) is 2.31. The lowest BCUT2D eigenvalue weighted by molar-refractivity contribution is 0.102. The van der Waals surface area contributed by atoms with Crippen LogP contribution in [-0.2, 0) is 0 Å². The maximum Gasteiger partial charge on any atom is 0.258 e. The summed E-state index contributed by atoms with van der Waals surface area (Å²) in [7, 11) is 3.18. The second kappa shape index (κ2) is 7.98. The first kappa shape index (κ1) is 17.2. The number of pyridine rings is 2. The van der Waals surface area contributed by atoms with Crippen LogP contribution in [0.25, 0.3) is 0 Å². The molecule has 2 N–H and O–H groups in total. The molecule has 26 heavy (non-hydrogen) atoms. The molecular formula is C19H18N4O3. The SMILES string of the molecule is COc1ccc(Nc2ccc(NC(=O)c3cccnc3)nc2)cc1OC. The summed E-state index contributed by atoms with van der Waals surface area (Å²) in [5, 5.41) is 5.95. The maximum absolute atomic E-state index is 12.1. The van der Waals surface area contributed by atoms with Gasteiger partial charge in [-0.2, -0.15) is 0 Å². The number of benzene rings is 1. The Balaban J connectivity index is 1.67. The van der Waals surface area contributed by atoms with Gasteiger partial charge in [0, 0.05) is 24.1 Å². The second-order valence-corrected chi connectivity index (χ2v) is 5.32. The molecule has 0 unspecified atom stereocenters. The largest absolute Gasteiger partial charge is 0.493 e. The van der Waals surface area contributed by atoms with E-state index in [0.29, 0.717) is 22.9 Å². The van der Waals surface area contributed by atoms with E-state index in [4.69, 9.17) is 9.47 Å². The molecule has 0 aliphatic heterocycles. The van der Waals surface area contributed by atoms with Gasteiger partial charge in [-0.25, -0.2) is 4.98 Å². The normalized spacial score (nSPS) is 10.1. The molecule has 0 spiro atoms. The topological polar surface area (TPSA) is 85.4 Å². The summed E-state index contributed by atoms with van der Waals surface area (Å²) in [6, 6.07) is 12.5. The lowest BCUT2D eigenvalue weighted by atomic mass is 10.2. The number of nitrogens with one attached hydrogen (secondary N) is 2. The van der Waals surface area contributed by atoms with Crippen molar-refractivity contribution in [3.63, 3.8) is 0 Å². The van der Waals surface area contributed by atoms with Gasteiger partial charge in [0.15, 0.2) is 11.5 Å². The van der Waals surface area contributed by atoms with Crippen LogP contribution in [-0.4, -0.2) is 30.1 Å². The third-order valence-electron chi connectivity index (χ3n) is 3.60. The van der Waals surface area contributed by atoms with Crippen molar-refractivity contribution < 1.29 is 14.3 Å². The third-order valence-corrected chi connectivity index (χ3v) is 3.60. The van der Waals surface area contributed by atoms with E-state index in [2.05, 4.69) is 20.6 Å². The molecule has 132 valence electrons. The molecule has 0 atom stereocenters. The van der Waals surface area contributed by atoms with Crippen molar-refractivity contribution in [3.8, 4) is 11.5 Å². The minimum absolute atomic E-state index is 0.258. The zero-order chi connectivity index (χ0) is 18.4. The van der Waals surface area contributed by atoms with Gasteiger partial charge in [-0.1, -0.05) is 0 Å². The minimum Gasteiger partial charge on any atom is -0.493 e. The fraction of sp³-hybridized carbons (Fsp3) is 0.105. The summed E-state index contributed by atoms with van der Waals surface area (Å²) in [6.07, 6.45) is 4.75. The van der Waals surface area contributed by atoms with Crippen LogP contribution >= 0.6 is 0 Å². The predicted octanol–water partition coefficient (Wildman–Crippen LogP) is 3.49. The van der Waals surface area contributed by atoms with Crippen molar-refractivity contribution in [3.05, 3.63) is 66.6 Å². The average Bonchev–Trinajstić information content (AvgIpc) is 2.70. The lowest BCUT2D eigenvalue weighted by Crippen LogP contribution is -2.13. The molecule has 3 rings (SSSR count). The number of hydrogen-bond donors (Lipinski definition) is 2. The molecule has 0 radical (unpaired) electrons. The predicted molar refractivity (Wildman–Crippen MR) is 99.3 cm³/mol. The molecule has 7 nitrogen and oxygen atoms in total.